The Bertz CT molecular complexity index is 358. The molecule has 2 rings (SSSR count). The number of nitrogens with one attached hydrogen (secondary N) is 2. The van der Waals surface area contributed by atoms with Gasteiger partial charge in [0.15, 0.2) is 0 Å². The summed E-state index contributed by atoms with van der Waals surface area (Å²) in [6.07, 6.45) is 0. The molecule has 2 atom stereocenters. The lowest BCUT2D eigenvalue weighted by atomic mass is 10.1. The van der Waals surface area contributed by atoms with Crippen LogP contribution in [0.25, 0.3) is 0 Å². The fraction of sp³-hybridized carbons (Fsp3) is 0.846. The van der Waals surface area contributed by atoms with Crippen molar-refractivity contribution >= 4 is 11.8 Å². The molecule has 0 bridgehead atoms. The molecule has 2 fully saturated rings. The highest BCUT2D eigenvalue weighted by Gasteiger charge is 2.36. The van der Waals surface area contributed by atoms with Gasteiger partial charge in [0.1, 0.15) is 6.04 Å². The summed E-state index contributed by atoms with van der Waals surface area (Å²) in [5.74, 6) is 0.00645. The first-order valence-corrected chi connectivity index (χ1v) is 7.19. The Morgan fingerprint density at radius 1 is 1.30 bits per heavy atom. The summed E-state index contributed by atoms with van der Waals surface area (Å²) in [6.45, 7) is 6.53. The Hall–Kier alpha value is -1.18. The molecule has 2 saturated heterocycles. The van der Waals surface area contributed by atoms with E-state index in [4.69, 9.17) is 4.74 Å². The molecule has 0 aromatic heterocycles. The largest absolute Gasteiger partial charge is 0.378 e. The summed E-state index contributed by atoms with van der Waals surface area (Å²) < 4.78 is 5.37. The van der Waals surface area contributed by atoms with Crippen molar-refractivity contribution in [2.45, 2.75) is 19.0 Å². The molecule has 0 aliphatic carbocycles. The van der Waals surface area contributed by atoms with Crippen LogP contribution in [-0.2, 0) is 14.3 Å². The molecular formula is C13H24N4O3. The van der Waals surface area contributed by atoms with Crippen LogP contribution in [0, 0.1) is 0 Å². The Morgan fingerprint density at radius 3 is 2.65 bits per heavy atom. The maximum Gasteiger partial charge on any atom is 0.239 e. The molecule has 7 nitrogen and oxygen atoms in total. The van der Waals surface area contributed by atoms with Gasteiger partial charge in [-0.25, -0.2) is 0 Å². The summed E-state index contributed by atoms with van der Waals surface area (Å²) in [7, 11) is 1.61. The molecule has 2 unspecified atom stereocenters. The van der Waals surface area contributed by atoms with Gasteiger partial charge in [0, 0.05) is 39.8 Å². The molecule has 2 N–H and O–H groups in total. The Kier molecular flexibility index (Phi) is 5.33. The molecule has 2 amide bonds. The van der Waals surface area contributed by atoms with Gasteiger partial charge in [0.2, 0.25) is 11.8 Å². The molecule has 0 aromatic carbocycles. The smallest absolute Gasteiger partial charge is 0.239 e. The fourth-order valence-corrected chi connectivity index (χ4v) is 2.76. The Labute approximate surface area is 119 Å². The highest BCUT2D eigenvalue weighted by Crippen LogP contribution is 2.14. The predicted octanol–water partition coefficient (Wildman–Crippen LogP) is -1.75. The van der Waals surface area contributed by atoms with Crippen molar-refractivity contribution in [2.24, 2.45) is 0 Å². The van der Waals surface area contributed by atoms with E-state index in [-0.39, 0.29) is 23.9 Å². The first-order chi connectivity index (χ1) is 9.65. The zero-order valence-corrected chi connectivity index (χ0v) is 12.2. The van der Waals surface area contributed by atoms with Gasteiger partial charge < -0.3 is 20.3 Å². The molecule has 7 heteroatoms. The molecule has 2 aliphatic rings. The van der Waals surface area contributed by atoms with E-state index in [0.717, 1.165) is 26.2 Å². The van der Waals surface area contributed by atoms with Gasteiger partial charge in [0.05, 0.1) is 19.3 Å². The van der Waals surface area contributed by atoms with Crippen LogP contribution in [0.15, 0.2) is 0 Å². The van der Waals surface area contributed by atoms with Crippen LogP contribution in [0.3, 0.4) is 0 Å². The number of hydrogen-bond acceptors (Lipinski definition) is 5. The summed E-state index contributed by atoms with van der Waals surface area (Å²) in [4.78, 5) is 28.3. The number of piperazine rings is 1. The van der Waals surface area contributed by atoms with E-state index in [0.29, 0.717) is 19.8 Å². The number of nitrogens with zero attached hydrogens (tertiary/aromatic N) is 2. The van der Waals surface area contributed by atoms with Gasteiger partial charge in [-0.3, -0.25) is 14.5 Å². The summed E-state index contributed by atoms with van der Waals surface area (Å²) in [5.41, 5.74) is 0. The third kappa shape index (κ3) is 3.28. The van der Waals surface area contributed by atoms with E-state index in [2.05, 4.69) is 10.6 Å². The number of hydrogen-bond donors (Lipinski definition) is 2. The average Bonchev–Trinajstić information content (AvgIpc) is 2.53. The van der Waals surface area contributed by atoms with E-state index < -0.39 is 0 Å². The van der Waals surface area contributed by atoms with Crippen molar-refractivity contribution in [3.05, 3.63) is 0 Å². The van der Waals surface area contributed by atoms with E-state index in [1.165, 1.54) is 0 Å². The van der Waals surface area contributed by atoms with Crippen LogP contribution in [0.5, 0.6) is 0 Å². The van der Waals surface area contributed by atoms with Crippen molar-refractivity contribution in [1.82, 2.24) is 20.4 Å². The average molecular weight is 284 g/mol. The van der Waals surface area contributed by atoms with Gasteiger partial charge in [-0.1, -0.05) is 0 Å². The van der Waals surface area contributed by atoms with Crippen LogP contribution in [0.2, 0.25) is 0 Å². The molecule has 0 spiro atoms. The SMILES string of the molecule is CNC(=O)C1COCCN1C(C)C(=O)N1CCNCC1. The summed E-state index contributed by atoms with van der Waals surface area (Å²) in [5, 5.41) is 5.88. The topological polar surface area (TPSA) is 73.9 Å². The second-order valence-corrected chi connectivity index (χ2v) is 5.19. The minimum Gasteiger partial charge on any atom is -0.378 e. The van der Waals surface area contributed by atoms with Crippen molar-refractivity contribution in [3.63, 3.8) is 0 Å². The number of morpholine rings is 1. The van der Waals surface area contributed by atoms with Crippen LogP contribution in [0.1, 0.15) is 6.92 Å². The molecule has 0 aromatic rings. The molecule has 2 heterocycles. The second kappa shape index (κ2) is 7.01. The molecule has 20 heavy (non-hydrogen) atoms. The maximum atomic E-state index is 12.5. The van der Waals surface area contributed by atoms with Gasteiger partial charge in [0.25, 0.3) is 0 Å². The number of carbonyl (C=O) groups excluding carboxylic acids is 2. The van der Waals surface area contributed by atoms with Crippen molar-refractivity contribution in [3.8, 4) is 0 Å². The molecule has 0 saturated carbocycles. The van der Waals surface area contributed by atoms with E-state index in [1.54, 1.807) is 7.05 Å². The summed E-state index contributed by atoms with van der Waals surface area (Å²) in [6, 6.07) is -0.671. The predicted molar refractivity (Wildman–Crippen MR) is 74.3 cm³/mol. The Morgan fingerprint density at radius 2 is 2.00 bits per heavy atom. The number of rotatable bonds is 3. The zero-order chi connectivity index (χ0) is 14.5. The number of carbonyl (C=O) groups is 2. The lowest BCUT2D eigenvalue weighted by Gasteiger charge is -2.40. The monoisotopic (exact) mass is 284 g/mol. The van der Waals surface area contributed by atoms with Crippen molar-refractivity contribution < 1.29 is 14.3 Å². The minimum atomic E-state index is -0.379. The normalized spacial score (nSPS) is 26.1. The van der Waals surface area contributed by atoms with E-state index in [1.807, 2.05) is 16.7 Å². The van der Waals surface area contributed by atoms with Crippen LogP contribution in [0.4, 0.5) is 0 Å². The lowest BCUT2D eigenvalue weighted by Crippen LogP contribution is -2.61. The molecular weight excluding hydrogens is 260 g/mol. The van der Waals surface area contributed by atoms with E-state index in [9.17, 15) is 9.59 Å². The van der Waals surface area contributed by atoms with Crippen LogP contribution < -0.4 is 10.6 Å². The third-order valence-corrected chi connectivity index (χ3v) is 4.00. The standard InChI is InChI=1S/C13H24N4O3/c1-10(13(19)16-5-3-15-4-6-16)17-7-8-20-9-11(17)12(18)14-2/h10-11,15H,3-9H2,1-2H3,(H,14,18). The quantitative estimate of drug-likeness (QED) is 0.643. The van der Waals surface area contributed by atoms with Crippen LogP contribution in [-0.4, -0.2) is 86.7 Å². The fourth-order valence-electron chi connectivity index (χ4n) is 2.76. The zero-order valence-electron chi connectivity index (χ0n) is 12.2. The Balaban J connectivity index is 2.02. The molecule has 2 aliphatic heterocycles. The third-order valence-electron chi connectivity index (χ3n) is 4.00. The molecule has 114 valence electrons. The first kappa shape index (κ1) is 15.2. The number of ether oxygens (including phenoxy) is 1. The summed E-state index contributed by atoms with van der Waals surface area (Å²) >= 11 is 0. The highest BCUT2D eigenvalue weighted by molar-refractivity contribution is 5.85. The van der Waals surface area contributed by atoms with E-state index >= 15 is 0 Å². The lowest BCUT2D eigenvalue weighted by molar-refractivity contribution is -0.145. The minimum absolute atomic E-state index is 0.0929. The second-order valence-electron chi connectivity index (χ2n) is 5.19. The van der Waals surface area contributed by atoms with Crippen molar-refractivity contribution in [1.29, 1.82) is 0 Å². The molecule has 0 radical (unpaired) electrons. The highest BCUT2D eigenvalue weighted by atomic mass is 16.5. The van der Waals surface area contributed by atoms with Gasteiger partial charge in [-0.15, -0.1) is 0 Å². The van der Waals surface area contributed by atoms with Gasteiger partial charge in [-0.2, -0.15) is 0 Å². The number of amides is 2. The van der Waals surface area contributed by atoms with Gasteiger partial charge in [-0.05, 0) is 6.92 Å². The van der Waals surface area contributed by atoms with Gasteiger partial charge >= 0.3 is 0 Å². The number of likely N-dealkylation sites (N-methyl/N-ethyl adjacent to an activating group) is 1. The maximum absolute atomic E-state index is 12.5. The van der Waals surface area contributed by atoms with Crippen LogP contribution >= 0.6 is 0 Å². The first-order valence-electron chi connectivity index (χ1n) is 7.19. The van der Waals surface area contributed by atoms with Crippen molar-refractivity contribution in [2.75, 3.05) is 53.0 Å².